The summed E-state index contributed by atoms with van der Waals surface area (Å²) in [6.45, 7) is 0.625. The first-order chi connectivity index (χ1) is 12.6. The summed E-state index contributed by atoms with van der Waals surface area (Å²) in [4.78, 5) is 34.2. The largest absolute Gasteiger partial charge is 0.334 e. The van der Waals surface area contributed by atoms with Crippen molar-refractivity contribution in [1.29, 1.82) is 0 Å². The van der Waals surface area contributed by atoms with Gasteiger partial charge >= 0.3 is 0 Å². The molecule has 0 unspecified atom stereocenters. The first-order valence-corrected chi connectivity index (χ1v) is 8.72. The molecule has 4 rings (SSSR count). The van der Waals surface area contributed by atoms with E-state index >= 15 is 0 Å². The lowest BCUT2D eigenvalue weighted by Crippen LogP contribution is -2.40. The molecular formula is C19H19FN4O2. The van der Waals surface area contributed by atoms with E-state index in [0.29, 0.717) is 23.6 Å². The molecule has 1 aliphatic rings. The fourth-order valence-electron chi connectivity index (χ4n) is 3.60. The summed E-state index contributed by atoms with van der Waals surface area (Å²) < 4.78 is 14.8. The molecule has 134 valence electrons. The third kappa shape index (κ3) is 3.12. The van der Waals surface area contributed by atoms with Gasteiger partial charge in [0.1, 0.15) is 5.82 Å². The van der Waals surface area contributed by atoms with E-state index in [1.54, 1.807) is 29.4 Å². The molecule has 0 spiro atoms. The number of aromatic nitrogens is 3. The Morgan fingerprint density at radius 1 is 1.31 bits per heavy atom. The topological polar surface area (TPSA) is 70.5 Å². The van der Waals surface area contributed by atoms with Crippen LogP contribution in [0.3, 0.4) is 0 Å². The number of aromatic amines is 1. The van der Waals surface area contributed by atoms with Crippen molar-refractivity contribution in [1.82, 2.24) is 19.3 Å². The van der Waals surface area contributed by atoms with E-state index in [9.17, 15) is 14.0 Å². The number of rotatable bonds is 3. The number of hydrogen-bond acceptors (Lipinski definition) is 3. The maximum Gasteiger partial charge on any atom is 0.259 e. The van der Waals surface area contributed by atoms with Gasteiger partial charge in [0.25, 0.3) is 5.56 Å². The molecule has 26 heavy (non-hydrogen) atoms. The molecule has 1 atom stereocenters. The summed E-state index contributed by atoms with van der Waals surface area (Å²) in [7, 11) is 0. The monoisotopic (exact) mass is 354 g/mol. The highest BCUT2D eigenvalue weighted by atomic mass is 19.1. The van der Waals surface area contributed by atoms with Gasteiger partial charge in [-0.05, 0) is 37.0 Å². The number of likely N-dealkylation sites (tertiary alicyclic amines) is 1. The molecular weight excluding hydrogens is 335 g/mol. The number of hydrogen-bond donors (Lipinski definition) is 1. The van der Waals surface area contributed by atoms with Crippen LogP contribution >= 0.6 is 0 Å². The van der Waals surface area contributed by atoms with Gasteiger partial charge in [-0.25, -0.2) is 9.37 Å². The van der Waals surface area contributed by atoms with E-state index in [2.05, 4.69) is 9.97 Å². The van der Waals surface area contributed by atoms with Crippen LogP contribution in [0.5, 0.6) is 0 Å². The quantitative estimate of drug-likeness (QED) is 0.785. The molecule has 3 aromatic rings. The standard InChI is InChI=1S/C19H19FN4O2/c20-14-5-3-4-13(10-14)11-17(25)23-8-2-1-6-16(23)15-12-18(26)24-9-7-21-19(24)22-15/h3-5,7,9-10,12,16H,1-2,6,8,11H2,(H,21,22)/t16-/m0/s1. The summed E-state index contributed by atoms with van der Waals surface area (Å²) in [6, 6.07) is 7.44. The van der Waals surface area contributed by atoms with Crippen LogP contribution in [0.1, 0.15) is 36.6 Å². The number of halogens is 1. The van der Waals surface area contributed by atoms with Crippen LogP contribution in [0.25, 0.3) is 5.78 Å². The second-order valence-electron chi connectivity index (χ2n) is 6.59. The van der Waals surface area contributed by atoms with Crippen molar-refractivity contribution in [3.63, 3.8) is 0 Å². The number of H-pyrrole nitrogens is 1. The first-order valence-electron chi connectivity index (χ1n) is 8.72. The smallest absolute Gasteiger partial charge is 0.259 e. The summed E-state index contributed by atoms with van der Waals surface area (Å²) in [5, 5.41) is 0. The number of piperidine rings is 1. The molecule has 3 heterocycles. The maximum absolute atomic E-state index is 13.4. The molecule has 0 aliphatic carbocycles. The normalized spacial score (nSPS) is 17.6. The third-order valence-electron chi connectivity index (χ3n) is 4.84. The van der Waals surface area contributed by atoms with E-state index in [-0.39, 0.29) is 29.7 Å². The number of carbonyl (C=O) groups is 1. The number of carbonyl (C=O) groups excluding carboxylic acids is 1. The lowest BCUT2D eigenvalue weighted by Gasteiger charge is -2.35. The minimum atomic E-state index is -0.348. The van der Waals surface area contributed by atoms with Gasteiger partial charge in [-0.1, -0.05) is 12.1 Å². The Kier molecular flexibility index (Phi) is 4.28. The molecule has 7 heteroatoms. The SMILES string of the molecule is O=C(Cc1cccc(F)c1)N1CCCC[C@H]1c1cc(=O)n2ccnc2[nH]1. The number of amides is 1. The van der Waals surface area contributed by atoms with Gasteiger partial charge in [0, 0.05) is 30.7 Å². The van der Waals surface area contributed by atoms with Gasteiger partial charge in [-0.3, -0.25) is 14.0 Å². The molecule has 2 aromatic heterocycles. The highest BCUT2D eigenvalue weighted by Gasteiger charge is 2.29. The van der Waals surface area contributed by atoms with Crippen molar-refractivity contribution in [2.24, 2.45) is 0 Å². The van der Waals surface area contributed by atoms with E-state index in [1.807, 2.05) is 0 Å². The highest BCUT2D eigenvalue weighted by molar-refractivity contribution is 5.79. The van der Waals surface area contributed by atoms with E-state index in [1.165, 1.54) is 22.6 Å². The van der Waals surface area contributed by atoms with Crippen molar-refractivity contribution < 1.29 is 9.18 Å². The molecule has 1 aliphatic heterocycles. The van der Waals surface area contributed by atoms with E-state index in [4.69, 9.17) is 0 Å². The van der Waals surface area contributed by atoms with Gasteiger partial charge < -0.3 is 9.88 Å². The predicted molar refractivity (Wildman–Crippen MR) is 94.2 cm³/mol. The fourth-order valence-corrected chi connectivity index (χ4v) is 3.60. The van der Waals surface area contributed by atoms with Crippen LogP contribution in [-0.2, 0) is 11.2 Å². The van der Waals surface area contributed by atoms with Crippen molar-refractivity contribution in [3.8, 4) is 0 Å². The minimum absolute atomic E-state index is 0.0654. The van der Waals surface area contributed by atoms with Gasteiger partial charge in [0.15, 0.2) is 0 Å². The maximum atomic E-state index is 13.4. The molecule has 1 fully saturated rings. The molecule has 6 nitrogen and oxygen atoms in total. The zero-order valence-corrected chi connectivity index (χ0v) is 14.2. The van der Waals surface area contributed by atoms with Crippen molar-refractivity contribution in [3.05, 3.63) is 70.2 Å². The Morgan fingerprint density at radius 3 is 3.04 bits per heavy atom. The Labute approximate surface area is 149 Å². The number of imidazole rings is 1. The molecule has 0 bridgehead atoms. The van der Waals surface area contributed by atoms with Crippen LogP contribution in [0, 0.1) is 5.82 Å². The number of nitrogens with one attached hydrogen (secondary N) is 1. The second kappa shape index (κ2) is 6.74. The molecule has 0 radical (unpaired) electrons. The summed E-state index contributed by atoms with van der Waals surface area (Å²) in [5.74, 6) is 0.0551. The van der Waals surface area contributed by atoms with Crippen molar-refractivity contribution in [2.45, 2.75) is 31.7 Å². The van der Waals surface area contributed by atoms with Gasteiger partial charge in [-0.2, -0.15) is 0 Å². The fraction of sp³-hybridized carbons (Fsp3) is 0.316. The minimum Gasteiger partial charge on any atom is -0.334 e. The third-order valence-corrected chi connectivity index (χ3v) is 4.84. The van der Waals surface area contributed by atoms with Crippen LogP contribution < -0.4 is 5.56 Å². The molecule has 1 N–H and O–H groups in total. The molecule has 1 aromatic carbocycles. The molecule has 1 amide bonds. The summed E-state index contributed by atoms with van der Waals surface area (Å²) >= 11 is 0. The van der Waals surface area contributed by atoms with Crippen LogP contribution in [0.2, 0.25) is 0 Å². The van der Waals surface area contributed by atoms with Crippen LogP contribution in [-0.4, -0.2) is 31.7 Å². The van der Waals surface area contributed by atoms with Crippen LogP contribution in [0.4, 0.5) is 4.39 Å². The van der Waals surface area contributed by atoms with Crippen molar-refractivity contribution >= 4 is 11.7 Å². The lowest BCUT2D eigenvalue weighted by molar-refractivity contribution is -0.134. The zero-order chi connectivity index (χ0) is 18.1. The Balaban J connectivity index is 1.63. The Hall–Kier alpha value is -2.96. The molecule has 1 saturated heterocycles. The summed E-state index contributed by atoms with van der Waals surface area (Å²) in [6.07, 6.45) is 5.99. The van der Waals surface area contributed by atoms with Crippen molar-refractivity contribution in [2.75, 3.05) is 6.54 Å². The van der Waals surface area contributed by atoms with Gasteiger partial charge in [0.2, 0.25) is 11.7 Å². The molecule has 0 saturated carbocycles. The Bertz CT molecular complexity index is 1010. The zero-order valence-electron chi connectivity index (χ0n) is 14.2. The first kappa shape index (κ1) is 16.5. The van der Waals surface area contributed by atoms with E-state index in [0.717, 1.165) is 19.3 Å². The Morgan fingerprint density at radius 2 is 2.19 bits per heavy atom. The number of benzene rings is 1. The predicted octanol–water partition coefficient (Wildman–Crippen LogP) is 2.46. The van der Waals surface area contributed by atoms with Crippen LogP contribution in [0.15, 0.2) is 47.5 Å². The van der Waals surface area contributed by atoms with E-state index < -0.39 is 0 Å². The second-order valence-corrected chi connectivity index (χ2v) is 6.59. The number of nitrogens with zero attached hydrogens (tertiary/aromatic N) is 3. The highest BCUT2D eigenvalue weighted by Crippen LogP contribution is 2.30. The van der Waals surface area contributed by atoms with Gasteiger partial charge in [-0.15, -0.1) is 0 Å². The number of fused-ring (bicyclic) bond motifs is 1. The summed E-state index contributed by atoms with van der Waals surface area (Å²) in [5.41, 5.74) is 1.17. The average Bonchev–Trinajstić information content (AvgIpc) is 3.11. The lowest BCUT2D eigenvalue weighted by atomic mass is 9.98. The van der Waals surface area contributed by atoms with Gasteiger partial charge in [0.05, 0.1) is 12.5 Å². The average molecular weight is 354 g/mol.